The number of aromatic nitrogens is 4. The fourth-order valence-electron chi connectivity index (χ4n) is 4.63. The van der Waals surface area contributed by atoms with Crippen LogP contribution < -0.4 is 11.5 Å². The maximum absolute atomic E-state index is 10.7. The molecule has 160 valence electrons. The van der Waals surface area contributed by atoms with Gasteiger partial charge in [0.1, 0.15) is 29.7 Å². The summed E-state index contributed by atoms with van der Waals surface area (Å²) in [6, 6.07) is 9.38. The van der Waals surface area contributed by atoms with E-state index in [1.807, 2.05) is 41.1 Å². The summed E-state index contributed by atoms with van der Waals surface area (Å²) in [7, 11) is 0. The molecule has 0 unspecified atom stereocenters. The Labute approximate surface area is 183 Å². The fraction of sp³-hybridized carbons (Fsp3) is 0.318. The maximum Gasteiger partial charge on any atom is 0.145 e. The summed E-state index contributed by atoms with van der Waals surface area (Å²) in [6.45, 7) is 0. The first-order chi connectivity index (χ1) is 14.9. The van der Waals surface area contributed by atoms with Gasteiger partial charge in [-0.1, -0.05) is 23.7 Å². The topological polar surface area (TPSA) is 136 Å². The molecule has 0 aliphatic heterocycles. The number of anilines is 2. The number of benzene rings is 1. The Morgan fingerprint density at radius 3 is 2.74 bits per heavy atom. The van der Waals surface area contributed by atoms with E-state index in [0.717, 1.165) is 34.7 Å². The largest absolute Gasteiger partial charge is 0.390 e. The van der Waals surface area contributed by atoms with E-state index in [-0.39, 0.29) is 12.0 Å². The van der Waals surface area contributed by atoms with Crippen LogP contribution in [0.4, 0.5) is 11.6 Å². The minimum absolute atomic E-state index is 0.0458. The molecular weight excluding hydrogens is 416 g/mol. The molecule has 4 aromatic rings. The zero-order chi connectivity index (χ0) is 21.7. The number of halogens is 1. The van der Waals surface area contributed by atoms with Gasteiger partial charge in [-0.25, -0.2) is 15.0 Å². The molecule has 1 aromatic carbocycles. The number of fused-ring (bicyclic) bond motifs is 2. The summed E-state index contributed by atoms with van der Waals surface area (Å²) in [5.74, 6) is 0.669. The van der Waals surface area contributed by atoms with Crippen molar-refractivity contribution in [3.05, 3.63) is 53.4 Å². The van der Waals surface area contributed by atoms with Crippen LogP contribution in [-0.4, -0.2) is 41.9 Å². The number of aryl methyl sites for hydroxylation is 1. The quantitative estimate of drug-likeness (QED) is 0.384. The van der Waals surface area contributed by atoms with Crippen molar-refractivity contribution in [3.8, 4) is 0 Å². The average Bonchev–Trinajstić information content (AvgIpc) is 3.30. The monoisotopic (exact) mass is 438 g/mol. The van der Waals surface area contributed by atoms with Crippen LogP contribution in [0.25, 0.3) is 21.9 Å². The van der Waals surface area contributed by atoms with Crippen LogP contribution >= 0.6 is 11.6 Å². The van der Waals surface area contributed by atoms with Gasteiger partial charge >= 0.3 is 0 Å². The van der Waals surface area contributed by atoms with Gasteiger partial charge in [0.2, 0.25) is 0 Å². The van der Waals surface area contributed by atoms with E-state index in [1.165, 1.54) is 6.33 Å². The normalized spacial score (nSPS) is 23.7. The highest BCUT2D eigenvalue weighted by Gasteiger charge is 2.42. The molecule has 9 heteroatoms. The van der Waals surface area contributed by atoms with Crippen LogP contribution in [-0.2, 0) is 6.42 Å². The van der Waals surface area contributed by atoms with Crippen molar-refractivity contribution in [2.24, 2.45) is 5.92 Å². The van der Waals surface area contributed by atoms with Gasteiger partial charge in [-0.05, 0) is 48.9 Å². The Bertz CT molecular complexity index is 1280. The van der Waals surface area contributed by atoms with Gasteiger partial charge in [0.25, 0.3) is 0 Å². The molecule has 1 saturated carbocycles. The summed E-state index contributed by atoms with van der Waals surface area (Å²) in [6.07, 6.45) is 3.71. The van der Waals surface area contributed by atoms with E-state index in [4.69, 9.17) is 23.1 Å². The minimum Gasteiger partial charge on any atom is -0.390 e. The third-order valence-corrected chi connectivity index (χ3v) is 6.64. The van der Waals surface area contributed by atoms with Crippen LogP contribution in [0.15, 0.2) is 42.9 Å². The highest BCUT2D eigenvalue weighted by Crippen LogP contribution is 2.39. The summed E-state index contributed by atoms with van der Waals surface area (Å²) in [4.78, 5) is 12.7. The predicted molar refractivity (Wildman–Crippen MR) is 121 cm³/mol. The average molecular weight is 439 g/mol. The Morgan fingerprint density at radius 1 is 1.06 bits per heavy atom. The van der Waals surface area contributed by atoms with Crippen LogP contribution in [0.3, 0.4) is 0 Å². The number of nitrogens with two attached hydrogens (primary N) is 2. The summed E-state index contributed by atoms with van der Waals surface area (Å²) in [5, 5.41) is 23.6. The molecule has 4 atom stereocenters. The maximum atomic E-state index is 10.7. The van der Waals surface area contributed by atoms with Crippen molar-refractivity contribution in [1.82, 2.24) is 19.5 Å². The molecule has 1 aliphatic rings. The number of nitrogen functional groups attached to an aromatic ring is 2. The van der Waals surface area contributed by atoms with Gasteiger partial charge in [0.05, 0.1) is 28.1 Å². The van der Waals surface area contributed by atoms with Crippen molar-refractivity contribution < 1.29 is 10.2 Å². The molecule has 0 radical (unpaired) electrons. The summed E-state index contributed by atoms with van der Waals surface area (Å²) in [5.41, 5.74) is 14.3. The Hall–Kier alpha value is -2.94. The third-order valence-electron chi connectivity index (χ3n) is 6.34. The molecule has 0 saturated heterocycles. The number of hydrogen-bond acceptors (Lipinski definition) is 7. The van der Waals surface area contributed by atoms with E-state index >= 15 is 0 Å². The number of aliphatic hydroxyl groups is 2. The second kappa shape index (κ2) is 7.64. The van der Waals surface area contributed by atoms with Gasteiger partial charge in [0, 0.05) is 11.6 Å². The smallest absolute Gasteiger partial charge is 0.145 e. The number of pyridine rings is 1. The lowest BCUT2D eigenvalue weighted by Crippen LogP contribution is -2.29. The Morgan fingerprint density at radius 2 is 1.90 bits per heavy atom. The molecule has 0 bridgehead atoms. The molecule has 1 aliphatic carbocycles. The lowest BCUT2D eigenvalue weighted by molar-refractivity contribution is 0.00545. The van der Waals surface area contributed by atoms with E-state index in [2.05, 4.69) is 15.0 Å². The molecule has 31 heavy (non-hydrogen) atoms. The minimum atomic E-state index is -0.878. The fourth-order valence-corrected chi connectivity index (χ4v) is 4.79. The van der Waals surface area contributed by atoms with Crippen LogP contribution in [0, 0.1) is 5.92 Å². The first-order valence-electron chi connectivity index (χ1n) is 10.2. The highest BCUT2D eigenvalue weighted by molar-refractivity contribution is 6.33. The Balaban J connectivity index is 1.34. The second-order valence-electron chi connectivity index (χ2n) is 8.18. The Kier molecular flexibility index (Phi) is 4.92. The number of nitrogens with zero attached hydrogens (tertiary/aromatic N) is 4. The molecule has 3 aromatic heterocycles. The van der Waals surface area contributed by atoms with Crippen molar-refractivity contribution >= 4 is 45.2 Å². The number of aliphatic hydroxyl groups excluding tert-OH is 2. The first-order valence-corrected chi connectivity index (χ1v) is 10.6. The van der Waals surface area contributed by atoms with E-state index in [1.54, 1.807) is 0 Å². The third kappa shape index (κ3) is 3.46. The van der Waals surface area contributed by atoms with Gasteiger partial charge in [-0.15, -0.1) is 0 Å². The summed E-state index contributed by atoms with van der Waals surface area (Å²) < 4.78 is 1.90. The van der Waals surface area contributed by atoms with Crippen LogP contribution in [0.5, 0.6) is 0 Å². The van der Waals surface area contributed by atoms with Gasteiger partial charge < -0.3 is 26.2 Å². The number of hydrogen-bond donors (Lipinski definition) is 4. The number of rotatable bonds is 4. The van der Waals surface area contributed by atoms with Gasteiger partial charge in [-0.3, -0.25) is 0 Å². The molecule has 0 amide bonds. The molecular formula is C22H23ClN6O2. The lowest BCUT2D eigenvalue weighted by Gasteiger charge is -2.19. The van der Waals surface area contributed by atoms with Gasteiger partial charge in [-0.2, -0.15) is 0 Å². The molecule has 0 spiro atoms. The van der Waals surface area contributed by atoms with Gasteiger partial charge in [0.15, 0.2) is 0 Å². The molecule has 5 rings (SSSR count). The SMILES string of the molecule is Nc1nc2cc(CC[C@H]3C[C@@H](n4ccc5c(N)ncnc54)[C@H](O)[C@@H]3O)ccc2cc1Cl. The van der Waals surface area contributed by atoms with E-state index in [9.17, 15) is 10.2 Å². The zero-order valence-electron chi connectivity index (χ0n) is 16.7. The molecule has 3 heterocycles. The van der Waals surface area contributed by atoms with Crippen LogP contribution in [0.1, 0.15) is 24.4 Å². The van der Waals surface area contributed by atoms with E-state index < -0.39 is 12.2 Å². The molecule has 8 nitrogen and oxygen atoms in total. The molecule has 1 fully saturated rings. The first kappa shape index (κ1) is 20.0. The highest BCUT2D eigenvalue weighted by atomic mass is 35.5. The van der Waals surface area contributed by atoms with Crippen molar-refractivity contribution in [1.29, 1.82) is 0 Å². The van der Waals surface area contributed by atoms with Crippen LogP contribution in [0.2, 0.25) is 5.02 Å². The summed E-state index contributed by atoms with van der Waals surface area (Å²) >= 11 is 6.05. The zero-order valence-corrected chi connectivity index (χ0v) is 17.4. The standard InChI is InChI=1S/C22H23ClN6O2/c23-15-8-12-3-1-11(7-16(12)28-21(15)25)2-4-13-9-17(19(31)18(13)30)29-6-5-14-20(24)26-10-27-22(14)29/h1,3,5-8,10,13,17-19,30-31H,2,4,9H2,(H2,25,28)(H2,24,26,27)/t13-,17+,18+,19-/m0/s1. The van der Waals surface area contributed by atoms with Crippen molar-refractivity contribution in [2.75, 3.05) is 11.5 Å². The lowest BCUT2D eigenvalue weighted by atomic mass is 9.95. The molecule has 6 N–H and O–H groups in total. The second-order valence-corrected chi connectivity index (χ2v) is 8.59. The van der Waals surface area contributed by atoms with Crippen molar-refractivity contribution in [3.63, 3.8) is 0 Å². The van der Waals surface area contributed by atoms with Crippen molar-refractivity contribution in [2.45, 2.75) is 37.5 Å². The predicted octanol–water partition coefficient (Wildman–Crippen LogP) is 2.71. The van der Waals surface area contributed by atoms with E-state index in [0.29, 0.717) is 28.7 Å².